The molecule has 2 aliphatic rings. The van der Waals surface area contributed by atoms with Gasteiger partial charge in [0.1, 0.15) is 5.75 Å². The van der Waals surface area contributed by atoms with E-state index in [1.165, 1.54) is 0 Å². The maximum atomic E-state index is 14.1. The van der Waals surface area contributed by atoms with Crippen molar-refractivity contribution in [3.8, 4) is 5.75 Å². The van der Waals surface area contributed by atoms with Gasteiger partial charge in [0.05, 0.1) is 31.7 Å². The van der Waals surface area contributed by atoms with E-state index in [2.05, 4.69) is 25.4 Å². The first kappa shape index (κ1) is 28.4. The van der Waals surface area contributed by atoms with Crippen molar-refractivity contribution >= 4 is 0 Å². The summed E-state index contributed by atoms with van der Waals surface area (Å²) in [4.78, 5) is 0. The molecule has 4 N–H and O–H groups in total. The van der Waals surface area contributed by atoms with Crippen LogP contribution in [0.15, 0.2) is 48.9 Å². The molecule has 2 fully saturated rings. The first-order valence-corrected chi connectivity index (χ1v) is 12.8. The van der Waals surface area contributed by atoms with E-state index in [9.17, 15) is 13.9 Å². The van der Waals surface area contributed by atoms with Gasteiger partial charge in [-0.25, -0.2) is 8.78 Å². The Morgan fingerprint density at radius 1 is 1.25 bits per heavy atom. The first-order valence-electron chi connectivity index (χ1n) is 12.8. The van der Waals surface area contributed by atoms with Crippen LogP contribution in [0, 0.1) is 5.41 Å². The maximum Gasteiger partial charge on any atom is 0.281 e. The summed E-state index contributed by atoms with van der Waals surface area (Å²) in [5, 5.41) is 13.0. The van der Waals surface area contributed by atoms with E-state index < -0.39 is 12.0 Å². The largest absolute Gasteiger partial charge is 0.513 e. The van der Waals surface area contributed by atoms with Crippen molar-refractivity contribution < 1.29 is 28.1 Å². The molecule has 0 bridgehead atoms. The molecule has 3 atom stereocenters. The van der Waals surface area contributed by atoms with Gasteiger partial charge in [0.25, 0.3) is 5.92 Å². The van der Waals surface area contributed by atoms with Crippen LogP contribution >= 0.6 is 0 Å². The van der Waals surface area contributed by atoms with Gasteiger partial charge in [-0.15, -0.1) is 0 Å². The molecule has 202 valence electrons. The molecule has 1 aromatic rings. The molecule has 8 heteroatoms. The third-order valence-electron chi connectivity index (χ3n) is 7.43. The molecule has 3 unspecified atom stereocenters. The molecule has 1 aliphatic carbocycles. The zero-order chi connectivity index (χ0) is 26.3. The van der Waals surface area contributed by atoms with Gasteiger partial charge in [0, 0.05) is 30.5 Å². The zero-order valence-electron chi connectivity index (χ0n) is 21.6. The maximum absolute atomic E-state index is 14.1. The van der Waals surface area contributed by atoms with Crippen molar-refractivity contribution in [3.63, 3.8) is 0 Å². The van der Waals surface area contributed by atoms with Gasteiger partial charge < -0.3 is 30.4 Å². The lowest BCUT2D eigenvalue weighted by Crippen LogP contribution is -2.43. The zero-order valence-corrected chi connectivity index (χ0v) is 21.6. The SMILES string of the molecule is C=C(N)COCC1(C)CCNC1COC1CCC(c2ccccc2OC(CC(=C)O)C(C)(F)F)CC1. The fourth-order valence-corrected chi connectivity index (χ4v) is 5.19. The number of nitrogens with one attached hydrogen (secondary N) is 1. The number of aliphatic hydroxyl groups is 1. The normalized spacial score (nSPS) is 27.5. The lowest BCUT2D eigenvalue weighted by Gasteiger charge is -2.34. The molecular formula is C28H42F2N2O4. The summed E-state index contributed by atoms with van der Waals surface area (Å²) >= 11 is 0. The van der Waals surface area contributed by atoms with Gasteiger partial charge in [-0.3, -0.25) is 0 Å². The molecule has 1 aliphatic heterocycles. The fraction of sp³-hybridized carbons (Fsp3) is 0.643. The third kappa shape index (κ3) is 7.92. The first-order chi connectivity index (χ1) is 17.0. The van der Waals surface area contributed by atoms with Crippen LogP contribution in [-0.2, 0) is 9.47 Å². The van der Waals surface area contributed by atoms with Crippen molar-refractivity contribution in [1.82, 2.24) is 5.32 Å². The number of hydrogen-bond acceptors (Lipinski definition) is 6. The molecule has 1 saturated heterocycles. The quantitative estimate of drug-likeness (QED) is 0.307. The van der Waals surface area contributed by atoms with Crippen molar-refractivity contribution in [2.45, 2.75) is 82.5 Å². The average Bonchev–Trinajstić information content (AvgIpc) is 3.17. The monoisotopic (exact) mass is 508 g/mol. The van der Waals surface area contributed by atoms with E-state index >= 15 is 0 Å². The van der Waals surface area contributed by atoms with Crippen LogP contribution in [0.5, 0.6) is 5.75 Å². The number of para-hydroxylation sites is 1. The van der Waals surface area contributed by atoms with Crippen molar-refractivity contribution in [1.29, 1.82) is 0 Å². The highest BCUT2D eigenvalue weighted by Crippen LogP contribution is 2.40. The van der Waals surface area contributed by atoms with Crippen LogP contribution in [-0.4, -0.2) is 55.6 Å². The Hall–Kier alpha value is -2.16. The Morgan fingerprint density at radius 2 is 1.94 bits per heavy atom. The van der Waals surface area contributed by atoms with E-state index in [0.717, 1.165) is 51.1 Å². The van der Waals surface area contributed by atoms with Crippen LogP contribution < -0.4 is 15.8 Å². The van der Waals surface area contributed by atoms with Gasteiger partial charge in [-0.2, -0.15) is 0 Å². The topological polar surface area (TPSA) is 86.0 Å². The van der Waals surface area contributed by atoms with Crippen molar-refractivity contribution in [2.24, 2.45) is 11.1 Å². The Kier molecular flexibility index (Phi) is 9.78. The summed E-state index contributed by atoms with van der Waals surface area (Å²) in [6.07, 6.45) is 2.96. The number of aliphatic hydroxyl groups excluding tert-OH is 1. The molecule has 0 radical (unpaired) electrons. The summed E-state index contributed by atoms with van der Waals surface area (Å²) in [6.45, 7) is 12.6. The number of ether oxygens (including phenoxy) is 3. The molecule has 0 aromatic heterocycles. The number of rotatable bonds is 13. The number of halogens is 2. The number of alkyl halides is 2. The van der Waals surface area contributed by atoms with Crippen LogP contribution in [0.4, 0.5) is 8.78 Å². The number of benzene rings is 1. The predicted octanol–water partition coefficient (Wildman–Crippen LogP) is 5.45. The molecule has 36 heavy (non-hydrogen) atoms. The van der Waals surface area contributed by atoms with E-state index in [0.29, 0.717) is 31.3 Å². The molecule has 1 heterocycles. The van der Waals surface area contributed by atoms with Crippen LogP contribution in [0.25, 0.3) is 0 Å². The Morgan fingerprint density at radius 3 is 2.58 bits per heavy atom. The number of nitrogens with two attached hydrogens (primary N) is 1. The highest BCUT2D eigenvalue weighted by molar-refractivity contribution is 5.37. The second-order valence-electron chi connectivity index (χ2n) is 10.7. The number of hydrogen-bond donors (Lipinski definition) is 3. The Labute approximate surface area is 213 Å². The standard InChI is InChI=1S/C28H42F2N2O4/c1-19(31)16-34-18-27(3)13-14-32-25(27)17-35-22-11-9-21(10-12-22)23-7-5-6-8-24(23)36-26(15-20(2)33)28(4,29)30/h5-8,21-22,25-26,32-33H,1-2,9-18,31H2,3-4H3. The second-order valence-corrected chi connectivity index (χ2v) is 10.7. The fourth-order valence-electron chi connectivity index (χ4n) is 5.19. The molecule has 6 nitrogen and oxygen atoms in total. The van der Waals surface area contributed by atoms with Gasteiger partial charge in [-0.1, -0.05) is 38.3 Å². The highest BCUT2D eigenvalue weighted by Gasteiger charge is 2.40. The molecule has 3 rings (SSSR count). The van der Waals surface area contributed by atoms with Gasteiger partial charge in [0.15, 0.2) is 6.10 Å². The summed E-state index contributed by atoms with van der Waals surface area (Å²) in [7, 11) is 0. The van der Waals surface area contributed by atoms with Crippen molar-refractivity contribution in [3.05, 3.63) is 54.4 Å². The van der Waals surface area contributed by atoms with Crippen LogP contribution in [0.2, 0.25) is 0 Å². The highest BCUT2D eigenvalue weighted by atomic mass is 19.3. The second kappa shape index (κ2) is 12.4. The average molecular weight is 509 g/mol. The minimum absolute atomic E-state index is 0.0132. The van der Waals surface area contributed by atoms with Crippen molar-refractivity contribution in [2.75, 3.05) is 26.4 Å². The minimum atomic E-state index is -3.11. The van der Waals surface area contributed by atoms with E-state index in [1.54, 1.807) is 12.1 Å². The van der Waals surface area contributed by atoms with Gasteiger partial charge >= 0.3 is 0 Å². The summed E-state index contributed by atoms with van der Waals surface area (Å²) < 4.78 is 46.1. The summed E-state index contributed by atoms with van der Waals surface area (Å²) in [5.74, 6) is -2.78. The lowest BCUT2D eigenvalue weighted by atomic mass is 9.82. The van der Waals surface area contributed by atoms with E-state index in [1.807, 2.05) is 12.1 Å². The molecule has 0 amide bonds. The summed E-state index contributed by atoms with van der Waals surface area (Å²) in [5.41, 5.74) is 7.06. The van der Waals surface area contributed by atoms with Gasteiger partial charge in [0.2, 0.25) is 0 Å². The Bertz CT molecular complexity index is 883. The van der Waals surface area contributed by atoms with Crippen LogP contribution in [0.3, 0.4) is 0 Å². The lowest BCUT2D eigenvalue weighted by molar-refractivity contribution is -0.0830. The Balaban J connectivity index is 1.54. The van der Waals surface area contributed by atoms with E-state index in [4.69, 9.17) is 19.9 Å². The van der Waals surface area contributed by atoms with Crippen LogP contribution in [0.1, 0.15) is 63.9 Å². The minimum Gasteiger partial charge on any atom is -0.513 e. The smallest absolute Gasteiger partial charge is 0.281 e. The molecule has 0 spiro atoms. The third-order valence-corrected chi connectivity index (χ3v) is 7.43. The van der Waals surface area contributed by atoms with E-state index in [-0.39, 0.29) is 35.7 Å². The molecule has 1 saturated carbocycles. The summed E-state index contributed by atoms with van der Waals surface area (Å²) in [6, 6.07) is 7.58. The molecular weight excluding hydrogens is 466 g/mol. The molecule has 1 aromatic carbocycles. The predicted molar refractivity (Wildman–Crippen MR) is 137 cm³/mol. The van der Waals surface area contributed by atoms with Gasteiger partial charge in [-0.05, 0) is 56.2 Å².